The number of nitrogens with one attached hydrogen (secondary N) is 1. The zero-order valence-corrected chi connectivity index (χ0v) is 14.4. The van der Waals surface area contributed by atoms with Crippen LogP contribution in [0.25, 0.3) is 27.4 Å². The zero-order valence-electron chi connectivity index (χ0n) is 12.8. The summed E-state index contributed by atoms with van der Waals surface area (Å²) in [6.07, 6.45) is 0. The normalized spacial score (nSPS) is 15.7. The minimum absolute atomic E-state index is 0.0645. The van der Waals surface area contributed by atoms with E-state index in [1.807, 2.05) is 22.9 Å². The minimum Gasteiger partial charge on any atom is -0.504 e. The summed E-state index contributed by atoms with van der Waals surface area (Å²) in [4.78, 5) is 12.2. The first-order valence-electron chi connectivity index (χ1n) is 7.08. The fourth-order valence-electron chi connectivity index (χ4n) is 2.56. The third-order valence-corrected chi connectivity index (χ3v) is 6.39. The zero-order chi connectivity index (χ0) is 17.8. The molecule has 0 saturated heterocycles. The summed E-state index contributed by atoms with van der Waals surface area (Å²) in [6, 6.07) is 10.6. The molecule has 0 radical (unpaired) electrons. The second-order valence-corrected chi connectivity index (χ2v) is 7.98. The van der Waals surface area contributed by atoms with E-state index in [4.69, 9.17) is 4.42 Å². The van der Waals surface area contributed by atoms with Crippen molar-refractivity contribution in [1.29, 1.82) is 0 Å². The molecule has 1 aliphatic rings. The number of methoxy groups -OCH3 is 1. The number of hydrogen-bond acceptors (Lipinski definition) is 7. The van der Waals surface area contributed by atoms with E-state index in [-0.39, 0.29) is 9.77 Å². The van der Waals surface area contributed by atoms with E-state index in [1.54, 1.807) is 12.1 Å². The molecule has 4 rings (SSSR count). The fraction of sp³-hybridized carbons (Fsp3) is 0.0625. The van der Waals surface area contributed by atoms with Crippen LogP contribution in [0.3, 0.4) is 0 Å². The molecule has 9 heteroatoms. The maximum Gasteiger partial charge on any atom is 0.359 e. The Morgan fingerprint density at radius 1 is 1.28 bits per heavy atom. The van der Waals surface area contributed by atoms with E-state index in [9.17, 15) is 18.3 Å². The van der Waals surface area contributed by atoms with Gasteiger partial charge in [-0.1, -0.05) is 18.2 Å². The van der Waals surface area contributed by atoms with Gasteiger partial charge in [0.25, 0.3) is 10.0 Å². The van der Waals surface area contributed by atoms with E-state index < -0.39 is 27.4 Å². The highest BCUT2D eigenvalue weighted by Crippen LogP contribution is 2.41. The Balaban J connectivity index is 1.91. The number of benzene rings is 1. The lowest BCUT2D eigenvalue weighted by molar-refractivity contribution is -0.136. The number of thiophene rings is 1. The van der Waals surface area contributed by atoms with Gasteiger partial charge in [-0.3, -0.25) is 4.72 Å². The molecule has 0 bridgehead atoms. The fourth-order valence-corrected chi connectivity index (χ4v) is 5.21. The molecular formula is C16H11NO6S2. The molecule has 128 valence electrons. The second kappa shape index (κ2) is 5.36. The first-order chi connectivity index (χ1) is 11.9. The molecule has 0 atom stereocenters. The van der Waals surface area contributed by atoms with Gasteiger partial charge in [-0.25, -0.2) is 13.2 Å². The van der Waals surface area contributed by atoms with Gasteiger partial charge in [-0.15, -0.1) is 11.3 Å². The molecule has 3 aromatic rings. The summed E-state index contributed by atoms with van der Waals surface area (Å²) in [6.45, 7) is 0. The number of hydrogen-bond donors (Lipinski definition) is 2. The molecule has 3 heterocycles. The summed E-state index contributed by atoms with van der Waals surface area (Å²) < 4.78 is 37.0. The van der Waals surface area contributed by atoms with E-state index in [0.29, 0.717) is 16.2 Å². The van der Waals surface area contributed by atoms with Crippen LogP contribution in [0.1, 0.15) is 4.88 Å². The van der Waals surface area contributed by atoms with E-state index in [0.717, 1.165) is 23.8 Å². The number of fused-ring (bicyclic) bond motifs is 2. The van der Waals surface area contributed by atoms with Gasteiger partial charge in [0.15, 0.2) is 11.5 Å². The highest BCUT2D eigenvalue weighted by Gasteiger charge is 2.36. The minimum atomic E-state index is -4.00. The Hall–Kier alpha value is -2.78. The molecule has 2 aromatic heterocycles. The Morgan fingerprint density at radius 3 is 2.76 bits per heavy atom. The molecule has 1 aliphatic heterocycles. The van der Waals surface area contributed by atoms with Crippen LogP contribution in [0, 0.1) is 0 Å². The molecule has 0 unspecified atom stereocenters. The highest BCUT2D eigenvalue weighted by molar-refractivity contribution is 7.90. The lowest BCUT2D eigenvalue weighted by Crippen LogP contribution is -2.32. The molecule has 2 N–H and O–H groups in total. The predicted molar refractivity (Wildman–Crippen MR) is 91.4 cm³/mol. The first kappa shape index (κ1) is 15.7. The van der Waals surface area contributed by atoms with Crippen molar-refractivity contribution >= 4 is 44.1 Å². The molecule has 0 amide bonds. The van der Waals surface area contributed by atoms with Crippen LogP contribution >= 0.6 is 11.3 Å². The summed E-state index contributed by atoms with van der Waals surface area (Å²) >= 11 is 1.02. The highest BCUT2D eigenvalue weighted by atomic mass is 32.2. The molecule has 0 aliphatic carbocycles. The molecule has 0 spiro atoms. The van der Waals surface area contributed by atoms with E-state index in [1.165, 1.54) is 6.07 Å². The van der Waals surface area contributed by atoms with Crippen LogP contribution in [0.15, 0.2) is 51.4 Å². The van der Waals surface area contributed by atoms with Crippen LogP contribution in [-0.4, -0.2) is 26.6 Å². The van der Waals surface area contributed by atoms with E-state index >= 15 is 0 Å². The third kappa shape index (κ3) is 2.39. The van der Waals surface area contributed by atoms with Gasteiger partial charge in [-0.2, -0.15) is 0 Å². The average molecular weight is 377 g/mol. The van der Waals surface area contributed by atoms with Gasteiger partial charge in [0.1, 0.15) is 16.2 Å². The van der Waals surface area contributed by atoms with Gasteiger partial charge in [0.2, 0.25) is 0 Å². The number of sulfonamides is 1. The van der Waals surface area contributed by atoms with Gasteiger partial charge >= 0.3 is 5.97 Å². The first-order valence-corrected chi connectivity index (χ1v) is 9.38. The lowest BCUT2D eigenvalue weighted by atomic mass is 10.2. The Morgan fingerprint density at radius 2 is 2.04 bits per heavy atom. The molecule has 0 saturated carbocycles. The monoisotopic (exact) mass is 377 g/mol. The van der Waals surface area contributed by atoms with Crippen molar-refractivity contribution in [2.75, 3.05) is 7.11 Å². The molecule has 25 heavy (non-hydrogen) atoms. The largest absolute Gasteiger partial charge is 0.504 e. The maximum atomic E-state index is 12.4. The average Bonchev–Trinajstić information content (AvgIpc) is 3.22. The third-order valence-electron chi connectivity index (χ3n) is 3.73. The number of esters is 1. The van der Waals surface area contributed by atoms with Crippen LogP contribution in [0.5, 0.6) is 0 Å². The second-order valence-electron chi connectivity index (χ2n) is 5.27. The van der Waals surface area contributed by atoms with Crippen molar-refractivity contribution in [1.82, 2.24) is 4.72 Å². The van der Waals surface area contributed by atoms with Crippen LogP contribution in [0.4, 0.5) is 0 Å². The van der Waals surface area contributed by atoms with Gasteiger partial charge in [-0.05, 0) is 18.2 Å². The summed E-state index contributed by atoms with van der Waals surface area (Å²) in [5.41, 5.74) is 0.160. The Labute approximate surface area is 146 Å². The SMILES string of the molecule is COC(=O)C1=C(O)c2sc(-c3cc4ccccc4o3)cc2S(=O)(=O)N1. The molecule has 0 fully saturated rings. The quantitative estimate of drug-likeness (QED) is 0.665. The molecule has 7 nitrogen and oxygen atoms in total. The van der Waals surface area contributed by atoms with Crippen LogP contribution < -0.4 is 4.72 Å². The van der Waals surface area contributed by atoms with Gasteiger partial charge < -0.3 is 14.3 Å². The number of rotatable bonds is 2. The lowest BCUT2D eigenvalue weighted by Gasteiger charge is -2.16. The van der Waals surface area contributed by atoms with E-state index in [2.05, 4.69) is 4.74 Å². The maximum absolute atomic E-state index is 12.4. The molecular weight excluding hydrogens is 366 g/mol. The topological polar surface area (TPSA) is 106 Å². The smallest absolute Gasteiger partial charge is 0.359 e. The number of ether oxygens (including phenoxy) is 1. The Kier molecular flexibility index (Phi) is 3.37. The van der Waals surface area contributed by atoms with Crippen molar-refractivity contribution in [3.05, 3.63) is 47.0 Å². The number of carbonyl (C=O) groups is 1. The summed E-state index contributed by atoms with van der Waals surface area (Å²) in [7, 11) is -2.90. The van der Waals surface area contributed by atoms with Crippen molar-refractivity contribution in [2.45, 2.75) is 4.90 Å². The number of carbonyl (C=O) groups excluding carboxylic acids is 1. The van der Waals surface area contributed by atoms with Crippen molar-refractivity contribution < 1.29 is 27.5 Å². The predicted octanol–water partition coefficient (Wildman–Crippen LogP) is 2.85. The standard InChI is InChI=1S/C16H11NO6S2/c1-22-16(19)13-14(18)15-12(25(20,21)17-13)7-11(24-15)10-6-8-4-2-3-5-9(8)23-10/h2-7,17-18H,1H3. The van der Waals surface area contributed by atoms with Crippen molar-refractivity contribution in [3.8, 4) is 10.6 Å². The van der Waals surface area contributed by atoms with Crippen LogP contribution in [0.2, 0.25) is 0 Å². The number of para-hydroxylation sites is 1. The van der Waals surface area contributed by atoms with Gasteiger partial charge in [0, 0.05) is 5.39 Å². The number of aliphatic hydroxyl groups is 1. The Bertz CT molecular complexity index is 1120. The van der Waals surface area contributed by atoms with Crippen LogP contribution in [-0.2, 0) is 19.6 Å². The number of aliphatic hydroxyl groups excluding tert-OH is 1. The van der Waals surface area contributed by atoms with Crippen molar-refractivity contribution in [2.24, 2.45) is 0 Å². The molecule has 1 aromatic carbocycles. The van der Waals surface area contributed by atoms with Crippen molar-refractivity contribution in [3.63, 3.8) is 0 Å². The summed E-state index contributed by atoms with van der Waals surface area (Å²) in [5.74, 6) is -0.960. The number of furan rings is 1. The summed E-state index contributed by atoms with van der Waals surface area (Å²) in [5, 5.41) is 11.2. The van der Waals surface area contributed by atoms with Gasteiger partial charge in [0.05, 0.1) is 16.9 Å².